The molecule has 3 aromatic rings. The average molecular weight is 417 g/mol. The number of hydrogen-bond acceptors (Lipinski definition) is 3. The first-order chi connectivity index (χ1) is 12.5. The maximum atomic E-state index is 12.9. The zero-order valence-corrected chi connectivity index (χ0v) is 15.5. The van der Waals surface area contributed by atoms with Crippen LogP contribution in [0.4, 0.5) is 14.6 Å². The standard InChI is InChI=1S/C20H15BrF2N2O/c1-13-12-16(21)24-19(18(13)26-20(22)23)25-17(14-8-4-2-5-9-14)15-10-6-3-7-11-15/h2-12,20H,1H3. The molecule has 6 heteroatoms. The number of halogens is 3. The lowest BCUT2D eigenvalue weighted by Crippen LogP contribution is -2.07. The first-order valence-electron chi connectivity index (χ1n) is 7.86. The Hall–Kier alpha value is -2.60. The van der Waals surface area contributed by atoms with Gasteiger partial charge in [-0.2, -0.15) is 8.78 Å². The number of aryl methyl sites for hydroxylation is 1. The van der Waals surface area contributed by atoms with Gasteiger partial charge in [0.15, 0.2) is 11.6 Å². The fourth-order valence-electron chi connectivity index (χ4n) is 2.51. The van der Waals surface area contributed by atoms with Crippen molar-refractivity contribution in [1.82, 2.24) is 4.98 Å². The minimum absolute atomic E-state index is 0.0347. The number of benzene rings is 2. The summed E-state index contributed by atoms with van der Waals surface area (Å²) in [6.45, 7) is -1.28. The number of rotatable bonds is 5. The Bertz CT molecular complexity index is 874. The molecule has 0 aliphatic rings. The molecule has 1 aromatic heterocycles. The minimum Gasteiger partial charge on any atom is -0.430 e. The van der Waals surface area contributed by atoms with Gasteiger partial charge in [-0.3, -0.25) is 0 Å². The highest BCUT2D eigenvalue weighted by atomic mass is 79.9. The van der Waals surface area contributed by atoms with E-state index in [-0.39, 0.29) is 11.6 Å². The molecule has 0 spiro atoms. The Morgan fingerprint density at radius 1 is 1.00 bits per heavy atom. The monoisotopic (exact) mass is 416 g/mol. The highest BCUT2D eigenvalue weighted by Gasteiger charge is 2.17. The van der Waals surface area contributed by atoms with Crippen molar-refractivity contribution in [3.8, 4) is 5.75 Å². The van der Waals surface area contributed by atoms with E-state index >= 15 is 0 Å². The van der Waals surface area contributed by atoms with E-state index in [1.807, 2.05) is 60.7 Å². The molecule has 3 rings (SSSR count). The molecule has 0 saturated heterocycles. The first-order valence-corrected chi connectivity index (χ1v) is 8.65. The molecule has 0 fully saturated rings. The van der Waals surface area contributed by atoms with Gasteiger partial charge < -0.3 is 4.74 Å². The highest BCUT2D eigenvalue weighted by Crippen LogP contribution is 2.34. The topological polar surface area (TPSA) is 34.5 Å². The maximum absolute atomic E-state index is 12.9. The quantitative estimate of drug-likeness (QED) is 0.381. The van der Waals surface area contributed by atoms with Gasteiger partial charge in [0.2, 0.25) is 0 Å². The molecule has 0 aliphatic heterocycles. The minimum atomic E-state index is -2.96. The molecule has 132 valence electrons. The molecule has 2 aromatic carbocycles. The summed E-state index contributed by atoms with van der Waals surface area (Å²) in [5.74, 6) is 0.0624. The number of aromatic nitrogens is 1. The Morgan fingerprint density at radius 2 is 1.54 bits per heavy atom. The van der Waals surface area contributed by atoms with Crippen LogP contribution in [-0.2, 0) is 0 Å². The lowest BCUT2D eigenvalue weighted by atomic mass is 10.0. The van der Waals surface area contributed by atoms with E-state index in [9.17, 15) is 8.78 Å². The smallest absolute Gasteiger partial charge is 0.387 e. The van der Waals surface area contributed by atoms with Gasteiger partial charge in [-0.25, -0.2) is 9.98 Å². The van der Waals surface area contributed by atoms with Crippen molar-refractivity contribution in [3.05, 3.63) is 88.0 Å². The van der Waals surface area contributed by atoms with Gasteiger partial charge in [-0.05, 0) is 34.5 Å². The van der Waals surface area contributed by atoms with Crippen LogP contribution in [0.15, 0.2) is 76.3 Å². The third kappa shape index (κ3) is 4.32. The second-order valence-electron chi connectivity index (χ2n) is 5.49. The number of hydrogen-bond donors (Lipinski definition) is 0. The summed E-state index contributed by atoms with van der Waals surface area (Å²) in [7, 11) is 0. The molecule has 0 radical (unpaired) electrons. The highest BCUT2D eigenvalue weighted by molar-refractivity contribution is 9.10. The maximum Gasteiger partial charge on any atom is 0.387 e. The number of alkyl halides is 2. The van der Waals surface area contributed by atoms with E-state index in [0.29, 0.717) is 15.9 Å². The van der Waals surface area contributed by atoms with Crippen LogP contribution in [-0.4, -0.2) is 17.3 Å². The second kappa shape index (κ2) is 8.19. The van der Waals surface area contributed by atoms with Crippen LogP contribution >= 0.6 is 15.9 Å². The molecule has 1 heterocycles. The van der Waals surface area contributed by atoms with E-state index in [4.69, 9.17) is 0 Å². The molecule has 0 N–H and O–H groups in total. The molecule has 0 atom stereocenters. The third-order valence-electron chi connectivity index (χ3n) is 3.63. The van der Waals surface area contributed by atoms with Crippen LogP contribution in [0.2, 0.25) is 0 Å². The van der Waals surface area contributed by atoms with E-state index in [0.717, 1.165) is 11.1 Å². The van der Waals surface area contributed by atoms with Gasteiger partial charge in [-0.1, -0.05) is 60.7 Å². The number of nitrogens with zero attached hydrogens (tertiary/aromatic N) is 2. The zero-order valence-electron chi connectivity index (χ0n) is 13.9. The lowest BCUT2D eigenvalue weighted by Gasteiger charge is -2.13. The van der Waals surface area contributed by atoms with Crippen molar-refractivity contribution >= 4 is 27.5 Å². The van der Waals surface area contributed by atoms with E-state index in [2.05, 4.69) is 30.6 Å². The summed E-state index contributed by atoms with van der Waals surface area (Å²) in [5, 5.41) is 0. The van der Waals surface area contributed by atoms with Crippen molar-refractivity contribution in [3.63, 3.8) is 0 Å². The molecular weight excluding hydrogens is 402 g/mol. The summed E-state index contributed by atoms with van der Waals surface area (Å²) in [4.78, 5) is 8.84. The largest absolute Gasteiger partial charge is 0.430 e. The van der Waals surface area contributed by atoms with Crippen LogP contribution in [0, 0.1) is 6.92 Å². The molecule has 0 aliphatic carbocycles. The van der Waals surface area contributed by atoms with Crippen LogP contribution in [0.1, 0.15) is 16.7 Å². The van der Waals surface area contributed by atoms with Crippen LogP contribution < -0.4 is 4.74 Å². The third-order valence-corrected chi connectivity index (χ3v) is 4.03. The molecule has 26 heavy (non-hydrogen) atoms. The van der Waals surface area contributed by atoms with Crippen molar-refractivity contribution in [2.24, 2.45) is 4.99 Å². The van der Waals surface area contributed by atoms with Crippen molar-refractivity contribution in [1.29, 1.82) is 0 Å². The normalized spacial score (nSPS) is 10.7. The van der Waals surface area contributed by atoms with Crippen molar-refractivity contribution < 1.29 is 13.5 Å². The summed E-state index contributed by atoms with van der Waals surface area (Å²) < 4.78 is 30.9. The first kappa shape index (κ1) is 18.2. The summed E-state index contributed by atoms with van der Waals surface area (Å²) in [5.41, 5.74) is 2.84. The summed E-state index contributed by atoms with van der Waals surface area (Å²) in [6, 6.07) is 20.6. The average Bonchev–Trinajstić information content (AvgIpc) is 2.63. The summed E-state index contributed by atoms with van der Waals surface area (Å²) >= 11 is 3.29. The van der Waals surface area contributed by atoms with Crippen LogP contribution in [0.5, 0.6) is 5.75 Å². The molecule has 3 nitrogen and oxygen atoms in total. The van der Waals surface area contributed by atoms with Crippen LogP contribution in [0.3, 0.4) is 0 Å². The molecule has 0 bridgehead atoms. The van der Waals surface area contributed by atoms with Crippen molar-refractivity contribution in [2.75, 3.05) is 0 Å². The van der Waals surface area contributed by atoms with E-state index < -0.39 is 6.61 Å². The Morgan fingerprint density at radius 3 is 2.04 bits per heavy atom. The fraction of sp³-hybridized carbons (Fsp3) is 0.100. The predicted octanol–water partition coefficient (Wildman–Crippen LogP) is 5.92. The van der Waals surface area contributed by atoms with Crippen molar-refractivity contribution in [2.45, 2.75) is 13.5 Å². The number of aliphatic imine (C=N–C) groups is 1. The Kier molecular flexibility index (Phi) is 5.73. The van der Waals surface area contributed by atoms with Gasteiger partial charge in [0.05, 0.1) is 5.71 Å². The van der Waals surface area contributed by atoms with Gasteiger partial charge in [0, 0.05) is 11.1 Å². The second-order valence-corrected chi connectivity index (χ2v) is 6.30. The SMILES string of the molecule is Cc1cc(Br)nc(N=C(c2ccccc2)c2ccccc2)c1OC(F)F. The van der Waals surface area contributed by atoms with Gasteiger partial charge in [0.1, 0.15) is 4.60 Å². The van der Waals surface area contributed by atoms with Crippen LogP contribution in [0.25, 0.3) is 0 Å². The van der Waals surface area contributed by atoms with Gasteiger partial charge in [-0.15, -0.1) is 0 Å². The van der Waals surface area contributed by atoms with E-state index in [1.165, 1.54) is 0 Å². The molecule has 0 saturated carbocycles. The lowest BCUT2D eigenvalue weighted by molar-refractivity contribution is -0.0500. The molecular formula is C20H15BrF2N2O. The Balaban J connectivity index is 2.21. The number of pyridine rings is 1. The zero-order chi connectivity index (χ0) is 18.5. The summed E-state index contributed by atoms with van der Waals surface area (Å²) in [6.07, 6.45) is 0. The van der Waals surface area contributed by atoms with Gasteiger partial charge in [0.25, 0.3) is 0 Å². The Labute approximate surface area is 158 Å². The number of ether oxygens (including phenoxy) is 1. The fourth-order valence-corrected chi connectivity index (χ4v) is 3.02. The van der Waals surface area contributed by atoms with E-state index in [1.54, 1.807) is 13.0 Å². The van der Waals surface area contributed by atoms with Gasteiger partial charge >= 0.3 is 6.61 Å². The molecule has 0 unspecified atom stereocenters. The predicted molar refractivity (Wildman–Crippen MR) is 101 cm³/mol. The molecule has 0 amide bonds.